The van der Waals surface area contributed by atoms with E-state index in [-0.39, 0.29) is 11.5 Å². The number of hydrogen-bond acceptors (Lipinski definition) is 5. The van der Waals surface area contributed by atoms with Gasteiger partial charge in [0.25, 0.3) is 5.56 Å². The Morgan fingerprint density at radius 3 is 2.02 bits per heavy atom. The van der Waals surface area contributed by atoms with E-state index in [1.54, 1.807) is 17.7 Å². The third kappa shape index (κ3) is 6.37. The lowest BCUT2D eigenvalue weighted by Crippen LogP contribution is -2.42. The van der Waals surface area contributed by atoms with E-state index in [1.807, 2.05) is 122 Å². The lowest BCUT2D eigenvalue weighted by Gasteiger charge is -2.35. The maximum absolute atomic E-state index is 14.8. The molecule has 4 aromatic carbocycles. The summed E-state index contributed by atoms with van der Waals surface area (Å²) in [6.07, 6.45) is 0.535. The average molecular weight is 576 g/mol. The second kappa shape index (κ2) is 13.9. The number of methoxy groups -OCH3 is 1. The van der Waals surface area contributed by atoms with Crippen molar-refractivity contribution in [2.75, 3.05) is 26.9 Å². The second-order valence-electron chi connectivity index (χ2n) is 10.3. The highest BCUT2D eigenvalue weighted by Gasteiger charge is 2.34. The second-order valence-corrected chi connectivity index (χ2v) is 10.3. The van der Waals surface area contributed by atoms with Gasteiger partial charge >= 0.3 is 0 Å². The molecule has 1 atom stereocenters. The lowest BCUT2D eigenvalue weighted by molar-refractivity contribution is -0.135. The lowest BCUT2D eigenvalue weighted by atomic mass is 9.89. The molecule has 0 spiro atoms. The van der Waals surface area contributed by atoms with Crippen molar-refractivity contribution in [3.05, 3.63) is 136 Å². The summed E-state index contributed by atoms with van der Waals surface area (Å²) in [6.45, 7) is 5.15. The number of hydrogen-bond donors (Lipinski definition) is 0. The normalized spacial score (nSPS) is 11.9. The standard InChI is InChI=1S/C36H37N3O4/c1-4-32(38(24-25-42-3)36(41)33(26-14-8-6-9-15-26)27-16-10-7-11-17-27)34-37-31-19-13-12-18-30(31)35(40)39(34)28-20-22-29(23-21-28)43-5-2/h6-23,32-33H,4-5,24-25H2,1-3H3. The summed E-state index contributed by atoms with van der Waals surface area (Å²) in [4.78, 5) is 35.8. The highest BCUT2D eigenvalue weighted by molar-refractivity contribution is 5.87. The molecule has 1 unspecified atom stereocenters. The maximum Gasteiger partial charge on any atom is 0.266 e. The van der Waals surface area contributed by atoms with Gasteiger partial charge in [0, 0.05) is 13.7 Å². The van der Waals surface area contributed by atoms with Crippen LogP contribution in [0.1, 0.15) is 49.2 Å². The van der Waals surface area contributed by atoms with E-state index in [1.165, 1.54) is 0 Å². The van der Waals surface area contributed by atoms with Crippen LogP contribution in [0.3, 0.4) is 0 Å². The van der Waals surface area contributed by atoms with Gasteiger partial charge in [-0.3, -0.25) is 14.2 Å². The summed E-state index contributed by atoms with van der Waals surface area (Å²) in [5.41, 5.74) is 2.84. The summed E-state index contributed by atoms with van der Waals surface area (Å²) in [6, 6.07) is 33.8. The fourth-order valence-corrected chi connectivity index (χ4v) is 5.57. The van der Waals surface area contributed by atoms with E-state index in [0.717, 1.165) is 11.1 Å². The smallest absolute Gasteiger partial charge is 0.266 e. The molecule has 0 radical (unpaired) electrons. The molecule has 220 valence electrons. The van der Waals surface area contributed by atoms with Gasteiger partial charge in [-0.25, -0.2) is 4.98 Å². The minimum Gasteiger partial charge on any atom is -0.494 e. The number of ether oxygens (including phenoxy) is 2. The van der Waals surface area contributed by atoms with E-state index >= 15 is 0 Å². The molecule has 0 saturated carbocycles. The van der Waals surface area contributed by atoms with Crippen LogP contribution < -0.4 is 10.3 Å². The first-order chi connectivity index (χ1) is 21.1. The molecule has 0 bridgehead atoms. The molecule has 7 heteroatoms. The SMILES string of the molecule is CCOc1ccc(-n2c(C(CC)N(CCOC)C(=O)C(c3ccccc3)c3ccccc3)nc3ccccc3c2=O)cc1. The fourth-order valence-electron chi connectivity index (χ4n) is 5.57. The van der Waals surface area contributed by atoms with Gasteiger partial charge in [-0.05, 0) is 60.9 Å². The van der Waals surface area contributed by atoms with Gasteiger partial charge in [0.15, 0.2) is 0 Å². The molecule has 5 rings (SSSR count). The predicted octanol–water partition coefficient (Wildman–Crippen LogP) is 6.54. The van der Waals surface area contributed by atoms with Gasteiger partial charge in [0.1, 0.15) is 11.6 Å². The molecule has 0 aliphatic heterocycles. The molecular weight excluding hydrogens is 538 g/mol. The Kier molecular flexibility index (Phi) is 9.64. The third-order valence-corrected chi connectivity index (χ3v) is 7.60. The quantitative estimate of drug-likeness (QED) is 0.169. The van der Waals surface area contributed by atoms with Crippen LogP contribution in [-0.2, 0) is 9.53 Å². The van der Waals surface area contributed by atoms with Crippen LogP contribution >= 0.6 is 0 Å². The molecule has 0 aliphatic rings. The summed E-state index contributed by atoms with van der Waals surface area (Å²) in [5, 5.41) is 0.510. The number of para-hydroxylation sites is 1. The first-order valence-electron chi connectivity index (χ1n) is 14.7. The molecule has 0 saturated heterocycles. The number of nitrogens with zero attached hydrogens (tertiary/aromatic N) is 3. The number of carbonyl (C=O) groups excluding carboxylic acids is 1. The molecule has 0 fully saturated rings. The van der Waals surface area contributed by atoms with Gasteiger partial charge in [-0.1, -0.05) is 79.7 Å². The first-order valence-corrected chi connectivity index (χ1v) is 14.7. The number of amides is 1. The van der Waals surface area contributed by atoms with Crippen molar-refractivity contribution < 1.29 is 14.3 Å². The Hall–Kier alpha value is -4.75. The van der Waals surface area contributed by atoms with Crippen LogP contribution in [-0.4, -0.2) is 47.2 Å². The zero-order valence-corrected chi connectivity index (χ0v) is 24.9. The van der Waals surface area contributed by atoms with Crippen LogP contribution in [0, 0.1) is 0 Å². The van der Waals surface area contributed by atoms with Gasteiger partial charge in [0.05, 0.1) is 41.8 Å². The van der Waals surface area contributed by atoms with Crippen LogP contribution in [0.25, 0.3) is 16.6 Å². The summed E-state index contributed by atoms with van der Waals surface area (Å²) < 4.78 is 12.8. The number of aromatic nitrogens is 2. The topological polar surface area (TPSA) is 73.7 Å². The van der Waals surface area contributed by atoms with Crippen molar-refractivity contribution >= 4 is 16.8 Å². The highest BCUT2D eigenvalue weighted by Crippen LogP contribution is 2.33. The first kappa shape index (κ1) is 29.7. The van der Waals surface area contributed by atoms with E-state index in [4.69, 9.17) is 14.5 Å². The van der Waals surface area contributed by atoms with Crippen molar-refractivity contribution in [1.82, 2.24) is 14.5 Å². The summed E-state index contributed by atoms with van der Waals surface area (Å²) >= 11 is 0. The average Bonchev–Trinajstić information content (AvgIpc) is 3.05. The van der Waals surface area contributed by atoms with Crippen molar-refractivity contribution in [3.63, 3.8) is 0 Å². The molecule has 5 aromatic rings. The fraction of sp³-hybridized carbons (Fsp3) is 0.250. The van der Waals surface area contributed by atoms with Crippen molar-refractivity contribution in [2.45, 2.75) is 32.2 Å². The van der Waals surface area contributed by atoms with Crippen LogP contribution in [0.15, 0.2) is 114 Å². The minimum atomic E-state index is -0.542. The van der Waals surface area contributed by atoms with E-state index in [2.05, 4.69) is 0 Å². The van der Waals surface area contributed by atoms with Crippen LogP contribution in [0.2, 0.25) is 0 Å². The molecule has 0 aliphatic carbocycles. The maximum atomic E-state index is 14.8. The number of benzene rings is 4. The minimum absolute atomic E-state index is 0.0815. The van der Waals surface area contributed by atoms with E-state index in [9.17, 15) is 9.59 Å². The Balaban J connectivity index is 1.69. The van der Waals surface area contributed by atoms with Gasteiger partial charge in [0.2, 0.25) is 5.91 Å². The van der Waals surface area contributed by atoms with Crippen molar-refractivity contribution in [3.8, 4) is 11.4 Å². The molecule has 43 heavy (non-hydrogen) atoms. The zero-order valence-electron chi connectivity index (χ0n) is 24.9. The largest absolute Gasteiger partial charge is 0.494 e. The van der Waals surface area contributed by atoms with Crippen LogP contribution in [0.5, 0.6) is 5.75 Å². The Labute approximate surface area is 252 Å². The predicted molar refractivity (Wildman–Crippen MR) is 170 cm³/mol. The Bertz CT molecular complexity index is 1660. The third-order valence-electron chi connectivity index (χ3n) is 7.60. The summed E-state index contributed by atoms with van der Waals surface area (Å²) in [5.74, 6) is 0.591. The van der Waals surface area contributed by atoms with Gasteiger partial charge in [-0.2, -0.15) is 0 Å². The van der Waals surface area contributed by atoms with Crippen LogP contribution in [0.4, 0.5) is 0 Å². The molecule has 1 amide bonds. The molecular formula is C36H37N3O4. The van der Waals surface area contributed by atoms with Gasteiger partial charge < -0.3 is 14.4 Å². The van der Waals surface area contributed by atoms with E-state index < -0.39 is 12.0 Å². The number of fused-ring (bicyclic) bond motifs is 1. The van der Waals surface area contributed by atoms with E-state index in [0.29, 0.717) is 54.3 Å². The van der Waals surface area contributed by atoms with Crippen molar-refractivity contribution in [2.24, 2.45) is 0 Å². The van der Waals surface area contributed by atoms with Gasteiger partial charge in [-0.15, -0.1) is 0 Å². The number of rotatable bonds is 12. The zero-order chi connectivity index (χ0) is 30.2. The number of carbonyl (C=O) groups is 1. The molecule has 1 heterocycles. The summed E-state index contributed by atoms with van der Waals surface area (Å²) in [7, 11) is 1.62. The Morgan fingerprint density at radius 2 is 1.44 bits per heavy atom. The monoisotopic (exact) mass is 575 g/mol. The Morgan fingerprint density at radius 1 is 0.837 bits per heavy atom. The highest BCUT2D eigenvalue weighted by atomic mass is 16.5. The van der Waals surface area contributed by atoms with Crippen molar-refractivity contribution in [1.29, 1.82) is 0 Å². The molecule has 0 N–H and O–H groups in total. The molecule has 7 nitrogen and oxygen atoms in total. The molecule has 1 aromatic heterocycles.